The summed E-state index contributed by atoms with van der Waals surface area (Å²) < 4.78 is 2.69. The van der Waals surface area contributed by atoms with Crippen molar-refractivity contribution < 1.29 is 0 Å². The van der Waals surface area contributed by atoms with E-state index in [1.54, 1.807) is 5.20 Å². The van der Waals surface area contributed by atoms with Crippen molar-refractivity contribution in [2.24, 2.45) is 0 Å². The van der Waals surface area contributed by atoms with Gasteiger partial charge in [0.2, 0.25) is 0 Å². The topological polar surface area (TPSA) is 0 Å². The van der Waals surface area contributed by atoms with Crippen LogP contribution in [0, 0.1) is 0 Å². The summed E-state index contributed by atoms with van der Waals surface area (Å²) in [5.74, 6) is 0. The number of hydrogen-bond acceptors (Lipinski definition) is 1. The summed E-state index contributed by atoms with van der Waals surface area (Å²) in [5, 5.41) is 14.3. The Morgan fingerprint density at radius 1 is 0.373 bits per heavy atom. The average Bonchev–Trinajstić information content (AvgIpc) is 3.59. The molecule has 244 valence electrons. The number of rotatable bonds is 8. The minimum Gasteiger partial charge on any atom is -0.135 e. The van der Waals surface area contributed by atoms with Crippen LogP contribution in [-0.2, 0) is 0 Å². The van der Waals surface area contributed by atoms with Gasteiger partial charge < -0.3 is 0 Å². The van der Waals surface area contributed by atoms with Crippen LogP contribution in [0.3, 0.4) is 0 Å². The second-order valence-corrected chi connectivity index (χ2v) is 22.3. The molecule has 0 N–H and O–H groups in total. The first-order chi connectivity index (χ1) is 25.3. The van der Waals surface area contributed by atoms with Crippen molar-refractivity contribution >= 4 is 84.0 Å². The van der Waals surface area contributed by atoms with Crippen LogP contribution >= 0.6 is 11.3 Å². The Hall–Kier alpha value is -5.33. The monoisotopic (exact) mass is 702 g/mol. The molecule has 8 aromatic rings. The minimum atomic E-state index is -2.66. The highest BCUT2D eigenvalue weighted by Gasteiger charge is 2.44. The molecule has 1 aliphatic carbocycles. The highest BCUT2D eigenvalue weighted by Crippen LogP contribution is 2.34. The second-order valence-electron chi connectivity index (χ2n) is 13.5. The van der Waals surface area contributed by atoms with Gasteiger partial charge in [-0.1, -0.05) is 199 Å². The number of allylic oxidation sites excluding steroid dienone is 4. The van der Waals surface area contributed by atoms with Gasteiger partial charge in [0.1, 0.15) is 0 Å². The molecule has 0 saturated heterocycles. The van der Waals surface area contributed by atoms with E-state index in [9.17, 15) is 0 Å². The Morgan fingerprint density at radius 2 is 0.745 bits per heavy atom. The Kier molecular flexibility index (Phi) is 8.33. The lowest BCUT2D eigenvalue weighted by Gasteiger charge is -2.37. The number of fused-ring (bicyclic) bond motifs is 3. The summed E-state index contributed by atoms with van der Waals surface area (Å²) in [6.45, 7) is 0. The molecule has 1 aliphatic rings. The largest absolute Gasteiger partial charge is 0.179 e. The normalized spacial score (nSPS) is 13.4. The lowest BCUT2D eigenvalue weighted by Crippen LogP contribution is -2.74. The zero-order valence-corrected chi connectivity index (χ0v) is 31.3. The molecule has 0 radical (unpaired) electrons. The van der Waals surface area contributed by atoms with Gasteiger partial charge in [-0.3, -0.25) is 0 Å². The smallest absolute Gasteiger partial charge is 0.135 e. The van der Waals surface area contributed by atoms with Crippen molar-refractivity contribution in [3.05, 3.63) is 211 Å². The molecule has 7 aromatic carbocycles. The number of hydrogen-bond donors (Lipinski definition) is 0. The quantitative estimate of drug-likeness (QED) is 0.112. The highest BCUT2D eigenvalue weighted by atomic mass is 32.1. The lowest BCUT2D eigenvalue weighted by atomic mass is 10.1. The van der Waals surface area contributed by atoms with E-state index < -0.39 is 16.1 Å². The number of thiophene rings is 1. The van der Waals surface area contributed by atoms with Crippen molar-refractivity contribution in [2.45, 2.75) is 12.8 Å². The summed E-state index contributed by atoms with van der Waals surface area (Å²) >= 11 is 1.92. The molecule has 0 fully saturated rings. The molecule has 0 atom stereocenters. The fourth-order valence-corrected chi connectivity index (χ4v) is 19.6. The van der Waals surface area contributed by atoms with Crippen molar-refractivity contribution in [2.75, 3.05) is 0 Å². The van der Waals surface area contributed by atoms with E-state index in [4.69, 9.17) is 0 Å². The van der Waals surface area contributed by atoms with Crippen molar-refractivity contribution in [3.8, 4) is 0 Å². The maximum Gasteiger partial charge on any atom is 0.179 e. The third-order valence-corrected chi connectivity index (χ3v) is 21.7. The fraction of sp³-hybridized carbons (Fsp3) is 0.0417. The standard InChI is InChI=1S/C48H38SSi2/c1-7-19-37(20-8-1)50(38-21-9-2-10-22-38,39-23-11-3-12-24-39)43-31-33-47-45(35-43)46-36-44(32-34-48(46)49-47)51(40-25-13-4-14-26-40,41-27-15-5-16-28-41)42-29-17-6-18-30-42/h1-17,19-29,31-36H,18,30H2. The Bertz CT molecular complexity index is 2370. The van der Waals surface area contributed by atoms with Crippen LogP contribution in [0.15, 0.2) is 211 Å². The van der Waals surface area contributed by atoms with Crippen LogP contribution in [0.1, 0.15) is 12.8 Å². The minimum absolute atomic E-state index is 1.08. The zero-order chi connectivity index (χ0) is 34.1. The SMILES string of the molecule is C1=CCCC([Si](c2ccccc2)(c2ccccc2)c2ccc3sc4ccc([Si](c5ccccc5)(c5ccccc5)c5ccccc5)cc4c3c2)=C1. The summed E-state index contributed by atoms with van der Waals surface area (Å²) in [7, 11) is -5.25. The molecule has 0 saturated carbocycles. The van der Waals surface area contributed by atoms with Crippen LogP contribution < -0.4 is 36.3 Å². The molecular formula is C48H38SSi2. The summed E-state index contributed by atoms with van der Waals surface area (Å²) in [6.07, 6.45) is 9.20. The summed E-state index contributed by atoms with van der Waals surface area (Å²) in [5.41, 5.74) is 0. The van der Waals surface area contributed by atoms with E-state index in [0.29, 0.717) is 0 Å². The predicted octanol–water partition coefficient (Wildman–Crippen LogP) is 7.72. The van der Waals surface area contributed by atoms with Crippen LogP contribution in [0.4, 0.5) is 0 Å². The molecular weight excluding hydrogens is 665 g/mol. The van der Waals surface area contributed by atoms with E-state index in [-0.39, 0.29) is 0 Å². The molecule has 0 aliphatic heterocycles. The lowest BCUT2D eigenvalue weighted by molar-refractivity contribution is 1.01. The van der Waals surface area contributed by atoms with Crippen LogP contribution in [0.2, 0.25) is 0 Å². The molecule has 3 heteroatoms. The molecule has 1 heterocycles. The van der Waals surface area contributed by atoms with Gasteiger partial charge in [-0.15, -0.1) is 11.3 Å². The highest BCUT2D eigenvalue weighted by molar-refractivity contribution is 7.26. The van der Waals surface area contributed by atoms with Gasteiger partial charge in [-0.25, -0.2) is 0 Å². The van der Waals surface area contributed by atoms with E-state index in [1.807, 2.05) is 11.3 Å². The van der Waals surface area contributed by atoms with Crippen molar-refractivity contribution in [1.29, 1.82) is 0 Å². The summed E-state index contributed by atoms with van der Waals surface area (Å²) in [4.78, 5) is 0. The van der Waals surface area contributed by atoms with Gasteiger partial charge in [0.05, 0.1) is 0 Å². The third-order valence-electron chi connectivity index (χ3n) is 10.9. The first kappa shape index (κ1) is 31.6. The molecule has 0 bridgehead atoms. The average molecular weight is 703 g/mol. The first-order valence-electron chi connectivity index (χ1n) is 17.9. The number of benzene rings is 7. The van der Waals surface area contributed by atoms with Gasteiger partial charge in [0.15, 0.2) is 16.1 Å². The van der Waals surface area contributed by atoms with Gasteiger partial charge in [0, 0.05) is 20.2 Å². The van der Waals surface area contributed by atoms with Crippen LogP contribution in [-0.4, -0.2) is 16.1 Å². The fourth-order valence-electron chi connectivity index (χ4n) is 8.66. The van der Waals surface area contributed by atoms with Crippen LogP contribution in [0.5, 0.6) is 0 Å². The molecule has 51 heavy (non-hydrogen) atoms. The Morgan fingerprint density at radius 3 is 1.12 bits per heavy atom. The van der Waals surface area contributed by atoms with Gasteiger partial charge >= 0.3 is 0 Å². The first-order valence-corrected chi connectivity index (χ1v) is 22.7. The molecule has 9 rings (SSSR count). The maximum atomic E-state index is 2.58. The van der Waals surface area contributed by atoms with E-state index in [2.05, 4.69) is 206 Å². The van der Waals surface area contributed by atoms with Crippen molar-refractivity contribution in [3.63, 3.8) is 0 Å². The van der Waals surface area contributed by atoms with Crippen LogP contribution in [0.25, 0.3) is 20.2 Å². The maximum absolute atomic E-state index is 2.66. The second kappa shape index (κ2) is 13.4. The molecule has 0 nitrogen and oxygen atoms in total. The molecule has 0 unspecified atom stereocenters. The van der Waals surface area contributed by atoms with E-state index in [0.717, 1.165) is 12.8 Å². The molecule has 0 spiro atoms. The van der Waals surface area contributed by atoms with E-state index >= 15 is 0 Å². The zero-order valence-electron chi connectivity index (χ0n) is 28.5. The Balaban J connectivity index is 1.35. The van der Waals surface area contributed by atoms with Gasteiger partial charge in [-0.05, 0) is 61.3 Å². The van der Waals surface area contributed by atoms with Crippen molar-refractivity contribution in [1.82, 2.24) is 0 Å². The van der Waals surface area contributed by atoms with Gasteiger partial charge in [-0.2, -0.15) is 0 Å². The Labute approximate surface area is 306 Å². The summed E-state index contributed by atoms with van der Waals surface area (Å²) in [6, 6.07) is 71.4. The van der Waals surface area contributed by atoms with E-state index in [1.165, 1.54) is 56.5 Å². The molecule has 1 aromatic heterocycles. The molecule has 0 amide bonds. The third kappa shape index (κ3) is 5.23. The predicted molar refractivity (Wildman–Crippen MR) is 227 cm³/mol. The van der Waals surface area contributed by atoms with Gasteiger partial charge in [0.25, 0.3) is 0 Å².